The maximum Gasteiger partial charge on any atom is 0.261 e. The summed E-state index contributed by atoms with van der Waals surface area (Å²) in [6, 6.07) is 16.3. The Balaban J connectivity index is 1.76. The van der Waals surface area contributed by atoms with Gasteiger partial charge in [0.05, 0.1) is 27.6 Å². The highest BCUT2D eigenvalue weighted by atomic mass is 127. The molecule has 31 heavy (non-hydrogen) atoms. The van der Waals surface area contributed by atoms with E-state index in [1.165, 1.54) is 50.6 Å². The van der Waals surface area contributed by atoms with Crippen LogP contribution in [0.2, 0.25) is 0 Å². The first-order valence-electron chi connectivity index (χ1n) is 8.78. The van der Waals surface area contributed by atoms with Gasteiger partial charge in [0.1, 0.15) is 11.5 Å². The van der Waals surface area contributed by atoms with Crippen molar-refractivity contribution in [2.24, 2.45) is 0 Å². The van der Waals surface area contributed by atoms with Gasteiger partial charge in [-0.3, -0.25) is 9.44 Å². The average Bonchev–Trinajstić information content (AvgIpc) is 2.74. The summed E-state index contributed by atoms with van der Waals surface area (Å²) in [7, 11) is -4.67. The van der Waals surface area contributed by atoms with E-state index in [2.05, 4.69) is 9.44 Å². The highest BCUT2D eigenvalue weighted by Gasteiger charge is 2.18. The molecule has 164 valence electrons. The zero-order chi connectivity index (χ0) is 22.6. The Morgan fingerprint density at radius 1 is 0.677 bits per heavy atom. The van der Waals surface area contributed by atoms with Crippen LogP contribution in [0.3, 0.4) is 0 Å². The number of nitrogens with one attached hydrogen (secondary N) is 2. The fourth-order valence-corrected chi connectivity index (χ4v) is 5.69. The molecule has 0 aliphatic heterocycles. The SMILES string of the molecule is COc1ccc(NS(=O)(=O)c2ccc(NS(=O)(=O)c3ccc(OC)c(I)c3)cc2)cc1. The van der Waals surface area contributed by atoms with Gasteiger partial charge in [-0.2, -0.15) is 0 Å². The van der Waals surface area contributed by atoms with Crippen LogP contribution in [0.4, 0.5) is 11.4 Å². The van der Waals surface area contributed by atoms with E-state index in [0.29, 0.717) is 20.8 Å². The van der Waals surface area contributed by atoms with E-state index < -0.39 is 20.0 Å². The number of ether oxygens (including phenoxy) is 2. The van der Waals surface area contributed by atoms with Crippen LogP contribution in [0, 0.1) is 3.57 Å². The predicted octanol–water partition coefficient (Wildman–Crippen LogP) is 3.91. The third kappa shape index (κ3) is 5.60. The van der Waals surface area contributed by atoms with Crippen LogP contribution in [0.25, 0.3) is 0 Å². The molecule has 3 aromatic carbocycles. The first-order valence-corrected chi connectivity index (χ1v) is 12.8. The topological polar surface area (TPSA) is 111 Å². The molecule has 0 amide bonds. The molecule has 0 aliphatic rings. The van der Waals surface area contributed by atoms with Gasteiger partial charge < -0.3 is 9.47 Å². The minimum absolute atomic E-state index is 0.00902. The molecule has 11 heteroatoms. The molecule has 0 unspecified atom stereocenters. The minimum Gasteiger partial charge on any atom is -0.497 e. The van der Waals surface area contributed by atoms with E-state index in [0.717, 1.165) is 0 Å². The van der Waals surface area contributed by atoms with Crippen molar-refractivity contribution in [2.45, 2.75) is 9.79 Å². The molecule has 8 nitrogen and oxygen atoms in total. The zero-order valence-electron chi connectivity index (χ0n) is 16.5. The third-order valence-corrected chi connectivity index (χ3v) is 7.81. The summed E-state index contributed by atoms with van der Waals surface area (Å²) in [5.41, 5.74) is 0.605. The van der Waals surface area contributed by atoms with Gasteiger partial charge >= 0.3 is 0 Å². The molecule has 0 bridgehead atoms. The number of sulfonamides is 2. The van der Waals surface area contributed by atoms with Crippen LogP contribution < -0.4 is 18.9 Å². The molecular weight excluding hydrogens is 555 g/mol. The molecule has 0 aromatic heterocycles. The van der Waals surface area contributed by atoms with Crippen molar-refractivity contribution in [3.8, 4) is 11.5 Å². The smallest absolute Gasteiger partial charge is 0.261 e. The highest BCUT2D eigenvalue weighted by Crippen LogP contribution is 2.26. The van der Waals surface area contributed by atoms with Crippen molar-refractivity contribution in [3.05, 3.63) is 70.3 Å². The minimum atomic E-state index is -3.85. The number of benzene rings is 3. The number of hydrogen-bond acceptors (Lipinski definition) is 6. The van der Waals surface area contributed by atoms with Crippen molar-refractivity contribution < 1.29 is 26.3 Å². The third-order valence-electron chi connectivity index (χ3n) is 4.19. The summed E-state index contributed by atoms with van der Waals surface area (Å²) in [4.78, 5) is 0.0563. The summed E-state index contributed by atoms with van der Waals surface area (Å²) in [5, 5.41) is 0. The van der Waals surface area contributed by atoms with Crippen LogP contribution in [0.15, 0.2) is 76.5 Å². The summed E-state index contributed by atoms with van der Waals surface area (Å²) < 4.78 is 66.2. The molecule has 0 spiro atoms. The molecule has 3 aromatic rings. The van der Waals surface area contributed by atoms with Crippen LogP contribution in [-0.4, -0.2) is 31.1 Å². The molecule has 0 fully saturated rings. The van der Waals surface area contributed by atoms with Gasteiger partial charge in [0.2, 0.25) is 0 Å². The summed E-state index contributed by atoms with van der Waals surface area (Å²) in [6.07, 6.45) is 0. The van der Waals surface area contributed by atoms with E-state index >= 15 is 0 Å². The van der Waals surface area contributed by atoms with Crippen LogP contribution in [0.1, 0.15) is 0 Å². The normalized spacial score (nSPS) is 11.6. The van der Waals surface area contributed by atoms with Crippen molar-refractivity contribution in [3.63, 3.8) is 0 Å². The Hall–Kier alpha value is -2.51. The number of methoxy groups -OCH3 is 2. The Labute approximate surface area is 194 Å². The fraction of sp³-hybridized carbons (Fsp3) is 0.100. The lowest BCUT2D eigenvalue weighted by Gasteiger charge is -2.12. The molecule has 0 saturated carbocycles. The van der Waals surface area contributed by atoms with Crippen molar-refractivity contribution in [1.29, 1.82) is 0 Å². The van der Waals surface area contributed by atoms with E-state index in [1.54, 1.807) is 30.3 Å². The standard InChI is InChI=1S/C20H19IN2O6S2/c1-28-16-7-3-14(4-8-16)22-30(24,25)17-9-5-15(6-10-17)23-31(26,27)18-11-12-20(29-2)19(21)13-18/h3-13,22-23H,1-2H3. The molecule has 0 atom stereocenters. The van der Waals surface area contributed by atoms with E-state index in [-0.39, 0.29) is 15.5 Å². The Kier molecular flexibility index (Phi) is 6.96. The first-order chi connectivity index (χ1) is 14.6. The summed E-state index contributed by atoms with van der Waals surface area (Å²) >= 11 is 1.99. The Bertz CT molecular complexity index is 1280. The molecule has 2 N–H and O–H groups in total. The lowest BCUT2D eigenvalue weighted by molar-refractivity contribution is 0.411. The highest BCUT2D eigenvalue weighted by molar-refractivity contribution is 14.1. The molecule has 0 saturated heterocycles. The van der Waals surface area contributed by atoms with Crippen molar-refractivity contribution >= 4 is 54.0 Å². The number of rotatable bonds is 8. The van der Waals surface area contributed by atoms with Crippen LogP contribution in [-0.2, 0) is 20.0 Å². The number of halogens is 1. The van der Waals surface area contributed by atoms with E-state index in [1.807, 2.05) is 22.6 Å². The maximum absolute atomic E-state index is 12.6. The number of hydrogen-bond donors (Lipinski definition) is 2. The first kappa shape index (κ1) is 23.2. The van der Waals surface area contributed by atoms with Crippen molar-refractivity contribution in [2.75, 3.05) is 23.7 Å². The monoisotopic (exact) mass is 574 g/mol. The number of anilines is 2. The Morgan fingerprint density at radius 2 is 1.16 bits per heavy atom. The summed E-state index contributed by atoms with van der Waals surface area (Å²) in [5.74, 6) is 1.17. The van der Waals surface area contributed by atoms with Crippen molar-refractivity contribution in [1.82, 2.24) is 0 Å². The summed E-state index contributed by atoms with van der Waals surface area (Å²) in [6.45, 7) is 0. The van der Waals surface area contributed by atoms with Gasteiger partial charge in [-0.1, -0.05) is 0 Å². The maximum atomic E-state index is 12.6. The van der Waals surface area contributed by atoms with Crippen LogP contribution >= 0.6 is 22.6 Å². The molecule has 3 rings (SSSR count). The zero-order valence-corrected chi connectivity index (χ0v) is 20.3. The van der Waals surface area contributed by atoms with Gasteiger partial charge in [-0.25, -0.2) is 16.8 Å². The van der Waals surface area contributed by atoms with E-state index in [9.17, 15) is 16.8 Å². The molecular formula is C20H19IN2O6S2. The predicted molar refractivity (Wildman–Crippen MR) is 127 cm³/mol. The second-order valence-corrected chi connectivity index (χ2v) is 10.8. The second kappa shape index (κ2) is 9.32. The van der Waals surface area contributed by atoms with Gasteiger partial charge in [-0.05, 0) is 89.3 Å². The van der Waals surface area contributed by atoms with E-state index in [4.69, 9.17) is 9.47 Å². The largest absolute Gasteiger partial charge is 0.497 e. The molecule has 0 aliphatic carbocycles. The van der Waals surface area contributed by atoms with Crippen LogP contribution in [0.5, 0.6) is 11.5 Å². The lowest BCUT2D eigenvalue weighted by atomic mass is 10.3. The molecule has 0 radical (unpaired) electrons. The van der Waals surface area contributed by atoms with Gasteiger partial charge in [0, 0.05) is 11.4 Å². The van der Waals surface area contributed by atoms with Gasteiger partial charge in [-0.15, -0.1) is 0 Å². The fourth-order valence-electron chi connectivity index (χ4n) is 2.60. The Morgan fingerprint density at radius 3 is 1.65 bits per heavy atom. The van der Waals surface area contributed by atoms with Gasteiger partial charge in [0.25, 0.3) is 20.0 Å². The van der Waals surface area contributed by atoms with Gasteiger partial charge in [0.15, 0.2) is 0 Å². The quantitative estimate of drug-likeness (QED) is 0.395. The molecule has 0 heterocycles. The second-order valence-electron chi connectivity index (χ2n) is 6.26. The average molecular weight is 574 g/mol. The lowest BCUT2D eigenvalue weighted by Crippen LogP contribution is -2.14.